The molecule has 1 aromatic heterocycles. The van der Waals surface area contributed by atoms with Gasteiger partial charge in [-0.2, -0.15) is 0 Å². The molecule has 0 unspecified atom stereocenters. The maximum Gasteiger partial charge on any atom is 0.317 e. The Morgan fingerprint density at radius 2 is 1.76 bits per heavy atom. The largest absolute Gasteiger partial charge is 0.508 e. The summed E-state index contributed by atoms with van der Waals surface area (Å²) in [6.45, 7) is -1.83. The van der Waals surface area contributed by atoms with Crippen LogP contribution in [0.1, 0.15) is 6.42 Å². The molecular formula is C25H24O13. The maximum atomic E-state index is 13.0. The van der Waals surface area contributed by atoms with Gasteiger partial charge >= 0.3 is 11.9 Å². The van der Waals surface area contributed by atoms with Crippen LogP contribution in [0.2, 0.25) is 0 Å². The number of carboxylic acid groups (broad SMARTS) is 1. The highest BCUT2D eigenvalue weighted by atomic mass is 16.7. The molecule has 0 radical (unpaired) electrons. The minimum atomic E-state index is -2.55. The zero-order valence-electron chi connectivity index (χ0n) is 19.6. The highest BCUT2D eigenvalue weighted by Crippen LogP contribution is 2.32. The first-order valence-corrected chi connectivity index (χ1v) is 11.3. The van der Waals surface area contributed by atoms with E-state index in [1.807, 2.05) is 0 Å². The van der Waals surface area contributed by atoms with Crippen molar-refractivity contribution in [1.29, 1.82) is 0 Å². The number of rotatable bonds is 8. The number of hydrogen-bond donors (Lipinski definition) is 6. The van der Waals surface area contributed by atoms with Gasteiger partial charge < -0.3 is 49.3 Å². The predicted octanol–water partition coefficient (Wildman–Crippen LogP) is -0.268. The molecule has 0 bridgehead atoms. The monoisotopic (exact) mass is 532 g/mol. The molecule has 0 saturated carbocycles. The normalized spacial score (nSPS) is 25.2. The van der Waals surface area contributed by atoms with Crippen LogP contribution in [0.3, 0.4) is 0 Å². The Labute approximate surface area is 213 Å². The van der Waals surface area contributed by atoms with E-state index in [0.29, 0.717) is 5.56 Å². The van der Waals surface area contributed by atoms with Crippen LogP contribution in [0.15, 0.2) is 57.9 Å². The molecule has 4 rings (SSSR count). The Hall–Kier alpha value is -4.01. The number of ether oxygens (including phenoxy) is 3. The summed E-state index contributed by atoms with van der Waals surface area (Å²) >= 11 is 0. The standard InChI is InChI=1S/C25H24O13/c26-11-25(34)22(32)18(10-36-20(30)8-19(28)29)38-24(23(25)33)37-14-5-6-15-17(7-14)35-9-16(21(15)31)12-1-3-13(27)4-2-12/h1-7,9,18,22-24,26-27,32-34H,8,10-11H2,(H,28,29)/t18-,22-,23+,24-,25+/m0/s1. The molecule has 1 saturated heterocycles. The lowest BCUT2D eigenvalue weighted by Crippen LogP contribution is -2.69. The van der Waals surface area contributed by atoms with Gasteiger partial charge in [0.25, 0.3) is 0 Å². The van der Waals surface area contributed by atoms with E-state index in [2.05, 4.69) is 0 Å². The number of aromatic hydroxyl groups is 1. The number of carbonyl (C=O) groups excluding carboxylic acids is 1. The number of aliphatic hydroxyl groups is 4. The van der Waals surface area contributed by atoms with E-state index in [0.717, 1.165) is 0 Å². The van der Waals surface area contributed by atoms with Crippen LogP contribution in [0.5, 0.6) is 11.5 Å². The first kappa shape index (κ1) is 27.0. The topological polar surface area (TPSA) is 213 Å². The minimum Gasteiger partial charge on any atom is -0.508 e. The van der Waals surface area contributed by atoms with Crippen LogP contribution >= 0.6 is 0 Å². The summed E-state index contributed by atoms with van der Waals surface area (Å²) in [6, 6.07) is 10.0. The van der Waals surface area contributed by atoms with E-state index in [1.54, 1.807) is 12.1 Å². The van der Waals surface area contributed by atoms with E-state index in [4.69, 9.17) is 23.7 Å². The van der Waals surface area contributed by atoms with Crippen molar-refractivity contribution in [3.63, 3.8) is 0 Å². The number of fused-ring (bicyclic) bond motifs is 1. The molecule has 13 heteroatoms. The van der Waals surface area contributed by atoms with Gasteiger partial charge in [0.2, 0.25) is 6.29 Å². The smallest absolute Gasteiger partial charge is 0.317 e. The van der Waals surface area contributed by atoms with Crippen molar-refractivity contribution < 1.29 is 58.9 Å². The first-order chi connectivity index (χ1) is 18.0. The van der Waals surface area contributed by atoms with E-state index in [9.17, 15) is 39.9 Å². The second-order valence-electron chi connectivity index (χ2n) is 8.64. The van der Waals surface area contributed by atoms with Crippen molar-refractivity contribution in [2.24, 2.45) is 0 Å². The molecule has 1 aliphatic rings. The second kappa shape index (κ2) is 10.8. The third kappa shape index (κ3) is 5.32. The highest BCUT2D eigenvalue weighted by Gasteiger charge is 2.56. The van der Waals surface area contributed by atoms with Gasteiger partial charge in [-0.05, 0) is 29.8 Å². The minimum absolute atomic E-state index is 0.0142. The van der Waals surface area contributed by atoms with Gasteiger partial charge in [-0.15, -0.1) is 0 Å². The van der Waals surface area contributed by atoms with Gasteiger partial charge in [-0.1, -0.05) is 12.1 Å². The summed E-state index contributed by atoms with van der Waals surface area (Å²) < 4.78 is 21.4. The van der Waals surface area contributed by atoms with Crippen molar-refractivity contribution in [2.75, 3.05) is 13.2 Å². The molecule has 1 aliphatic heterocycles. The van der Waals surface area contributed by atoms with Crippen LogP contribution in [0.4, 0.5) is 0 Å². The fraction of sp³-hybridized carbons (Fsp3) is 0.320. The molecule has 1 fully saturated rings. The lowest BCUT2D eigenvalue weighted by molar-refractivity contribution is -0.320. The number of esters is 1. The van der Waals surface area contributed by atoms with Crippen LogP contribution in [-0.2, 0) is 19.1 Å². The zero-order chi connectivity index (χ0) is 27.6. The Balaban J connectivity index is 1.56. The molecule has 6 N–H and O–H groups in total. The lowest BCUT2D eigenvalue weighted by Gasteiger charge is -2.46. The van der Waals surface area contributed by atoms with Crippen molar-refractivity contribution in [3.05, 3.63) is 59.0 Å². The number of benzene rings is 2. The third-order valence-electron chi connectivity index (χ3n) is 6.08. The van der Waals surface area contributed by atoms with Crippen LogP contribution in [0, 0.1) is 0 Å². The van der Waals surface area contributed by atoms with Gasteiger partial charge in [0.15, 0.2) is 5.43 Å². The van der Waals surface area contributed by atoms with E-state index < -0.39 is 61.8 Å². The van der Waals surface area contributed by atoms with E-state index in [1.165, 1.54) is 36.6 Å². The predicted molar refractivity (Wildman–Crippen MR) is 126 cm³/mol. The Morgan fingerprint density at radius 1 is 1.05 bits per heavy atom. The molecule has 0 spiro atoms. The molecular weight excluding hydrogens is 508 g/mol. The summed E-state index contributed by atoms with van der Waals surface area (Å²) in [5, 5.41) is 59.7. The van der Waals surface area contributed by atoms with Gasteiger partial charge in [-0.3, -0.25) is 14.4 Å². The molecule has 3 aromatic rings. The molecule has 0 aliphatic carbocycles. The summed E-state index contributed by atoms with van der Waals surface area (Å²) in [7, 11) is 0. The number of carbonyl (C=O) groups is 2. The number of carboxylic acids is 1. The first-order valence-electron chi connectivity index (χ1n) is 11.3. The Bertz CT molecular complexity index is 1380. The van der Waals surface area contributed by atoms with E-state index >= 15 is 0 Å². The van der Waals surface area contributed by atoms with Crippen LogP contribution < -0.4 is 10.2 Å². The molecule has 2 aromatic carbocycles. The fourth-order valence-electron chi connectivity index (χ4n) is 3.97. The lowest BCUT2D eigenvalue weighted by atomic mass is 9.85. The summed E-state index contributed by atoms with van der Waals surface area (Å²) in [5.41, 5.74) is -2.03. The van der Waals surface area contributed by atoms with Gasteiger partial charge in [0.05, 0.1) is 17.6 Å². The number of phenolic OH excluding ortho intramolecular Hbond substituents is 1. The van der Waals surface area contributed by atoms with Crippen molar-refractivity contribution in [3.8, 4) is 22.6 Å². The SMILES string of the molecule is O=C(O)CC(=O)OC[C@@H]1O[C@H](Oc2ccc3c(=O)c(-c4ccc(O)cc4)coc3c2)[C@@H](O)[C@@](O)(CO)[C@H]1O. The van der Waals surface area contributed by atoms with Crippen molar-refractivity contribution in [2.45, 2.75) is 36.6 Å². The van der Waals surface area contributed by atoms with Gasteiger partial charge in [0.1, 0.15) is 60.3 Å². The molecule has 13 nitrogen and oxygen atoms in total. The molecule has 38 heavy (non-hydrogen) atoms. The highest BCUT2D eigenvalue weighted by molar-refractivity contribution is 5.90. The number of phenols is 1. The maximum absolute atomic E-state index is 13.0. The van der Waals surface area contributed by atoms with Crippen LogP contribution in [0.25, 0.3) is 22.1 Å². The quantitative estimate of drug-likeness (QED) is 0.163. The van der Waals surface area contributed by atoms with Crippen LogP contribution in [-0.4, -0.2) is 86.0 Å². The molecule has 2 heterocycles. The summed E-state index contributed by atoms with van der Waals surface area (Å²) in [6.07, 6.45) is -6.84. The average Bonchev–Trinajstić information content (AvgIpc) is 2.89. The number of aliphatic carboxylic acids is 1. The van der Waals surface area contributed by atoms with Gasteiger partial charge in [-0.25, -0.2) is 0 Å². The molecule has 5 atom stereocenters. The van der Waals surface area contributed by atoms with E-state index in [-0.39, 0.29) is 33.5 Å². The zero-order valence-corrected chi connectivity index (χ0v) is 19.6. The summed E-state index contributed by atoms with van der Waals surface area (Å²) in [4.78, 5) is 35.2. The molecule has 202 valence electrons. The average molecular weight is 532 g/mol. The Kier molecular flexibility index (Phi) is 7.66. The number of aliphatic hydroxyl groups excluding tert-OH is 3. The van der Waals surface area contributed by atoms with Crippen molar-refractivity contribution >= 4 is 22.9 Å². The molecule has 0 amide bonds. The third-order valence-corrected chi connectivity index (χ3v) is 6.08. The fourth-order valence-corrected chi connectivity index (χ4v) is 3.97. The van der Waals surface area contributed by atoms with Crippen molar-refractivity contribution in [1.82, 2.24) is 0 Å². The second-order valence-corrected chi connectivity index (χ2v) is 8.64. The number of hydrogen-bond acceptors (Lipinski definition) is 12. The van der Waals surface area contributed by atoms with Gasteiger partial charge in [0, 0.05) is 6.07 Å². The summed E-state index contributed by atoms with van der Waals surface area (Å²) in [5.74, 6) is -2.53. The Morgan fingerprint density at radius 3 is 2.42 bits per heavy atom.